The van der Waals surface area contributed by atoms with Crippen molar-refractivity contribution in [2.75, 3.05) is 27.2 Å². The van der Waals surface area contributed by atoms with Crippen molar-refractivity contribution in [3.63, 3.8) is 0 Å². The summed E-state index contributed by atoms with van der Waals surface area (Å²) in [4.78, 5) is 8.89. The molecular weight excluding hydrogens is 397 g/mol. The van der Waals surface area contributed by atoms with Crippen molar-refractivity contribution in [3.05, 3.63) is 47.7 Å². The van der Waals surface area contributed by atoms with Crippen LogP contribution in [0.2, 0.25) is 0 Å². The fourth-order valence-electron chi connectivity index (χ4n) is 1.50. The second-order valence-corrected chi connectivity index (χ2v) is 7.26. The summed E-state index contributed by atoms with van der Waals surface area (Å²) in [6.07, 6.45) is 1.62. The van der Waals surface area contributed by atoms with Crippen LogP contribution in [0.3, 0.4) is 0 Å². The molecule has 0 heterocycles. The van der Waals surface area contributed by atoms with Crippen molar-refractivity contribution >= 4 is 16.1 Å². The molecule has 1 aromatic rings. The van der Waals surface area contributed by atoms with Crippen molar-refractivity contribution in [1.82, 2.24) is 0 Å². The molecule has 158 valence electrons. The molecule has 1 aromatic carbocycles. The van der Waals surface area contributed by atoms with Crippen LogP contribution in [0.5, 0.6) is 0 Å². The third kappa shape index (κ3) is 25.0. The fraction of sp³-hybridized carbons (Fsp3) is 0.471. The number of hydrogen-bond acceptors (Lipinski definition) is 6. The number of benzene rings is 1. The zero-order valence-electron chi connectivity index (χ0n) is 17.6. The number of quaternary nitrogens is 1. The van der Waals surface area contributed by atoms with E-state index in [9.17, 15) is 18.2 Å². The van der Waals surface area contributed by atoms with Crippen LogP contribution in [-0.4, -0.2) is 56.0 Å². The first-order valence-electron chi connectivity index (χ1n) is 7.99. The first-order valence-corrected chi connectivity index (χ1v) is 9.40. The minimum Gasteiger partial charge on any atom is -0.744 e. The number of likely N-dealkylation sites (N-methyl/N-ethyl adjacent to an activating group) is 1. The van der Waals surface area contributed by atoms with Gasteiger partial charge in [0.2, 0.25) is 0 Å². The maximum atomic E-state index is 10.8. The number of hydroxylamine groups is 3. The number of nitrogens with zero attached hydrogens (tertiary/aromatic N) is 1. The Balaban J connectivity index is -0.000000163. The summed E-state index contributed by atoms with van der Waals surface area (Å²) < 4.78 is 32.1. The molecule has 9 nitrogen and oxygen atoms in total. The Bertz CT molecular complexity index is 643. The third-order valence-electron chi connectivity index (χ3n) is 2.38. The van der Waals surface area contributed by atoms with Crippen LogP contribution in [0.4, 0.5) is 4.79 Å². The van der Waals surface area contributed by atoms with E-state index in [-0.39, 0.29) is 51.6 Å². The Kier molecular flexibility index (Phi) is 22.3. The first-order chi connectivity index (χ1) is 12.1. The number of primary amides is 2. The molecule has 0 aromatic heterocycles. The molecule has 0 unspecified atom stereocenters. The number of urea groups is 1. The van der Waals surface area contributed by atoms with Gasteiger partial charge in [-0.2, -0.15) is 0 Å². The van der Waals surface area contributed by atoms with Gasteiger partial charge in [0.1, 0.15) is 10.1 Å². The number of aliphatic hydroxyl groups excluding tert-OH is 1. The van der Waals surface area contributed by atoms with Gasteiger partial charge in [-0.25, -0.2) is 13.2 Å². The number of nitrogens with two attached hydrogens (primary N) is 2. The summed E-state index contributed by atoms with van der Waals surface area (Å²) in [5.74, 6) is 0.0416. The molecule has 11 heteroatoms. The van der Waals surface area contributed by atoms with Crippen LogP contribution in [0, 0.1) is 5.21 Å². The number of hydrogen-bond donors (Lipinski definition) is 3. The van der Waals surface area contributed by atoms with E-state index in [2.05, 4.69) is 18.0 Å². The van der Waals surface area contributed by atoms with E-state index in [1.54, 1.807) is 45.3 Å². The van der Waals surface area contributed by atoms with Gasteiger partial charge < -0.3 is 31.0 Å². The summed E-state index contributed by atoms with van der Waals surface area (Å²) in [7, 11) is -1.16. The Labute approximate surface area is 190 Å². The molecule has 0 aliphatic heterocycles. The maximum Gasteiger partial charge on any atom is 1.00 e. The summed E-state index contributed by atoms with van der Waals surface area (Å²) in [6.45, 7) is 9.55. The molecule has 0 fully saturated rings. The molecular formula is C17H32N3NaO6S. The van der Waals surface area contributed by atoms with Gasteiger partial charge >= 0.3 is 35.6 Å². The summed E-state index contributed by atoms with van der Waals surface area (Å²) in [5.41, 5.74) is 9.08. The normalized spacial score (nSPS) is 9.89. The minimum absolute atomic E-state index is 0. The SMILES string of the molecule is C=CC[N+](C)(C)[O-].CC(C)c1ccccc1S(=O)(=O)[O-].CCO.NC(N)=O.[Na+]. The molecule has 5 N–H and O–H groups in total. The molecule has 0 saturated carbocycles. The van der Waals surface area contributed by atoms with Crippen LogP contribution >= 0.6 is 0 Å². The molecule has 0 atom stereocenters. The second kappa shape index (κ2) is 18.1. The zero-order chi connectivity index (χ0) is 22.3. The molecule has 2 amide bonds. The van der Waals surface area contributed by atoms with Gasteiger partial charge in [0.25, 0.3) is 0 Å². The molecule has 0 spiro atoms. The fourth-order valence-corrected chi connectivity index (χ4v) is 2.33. The van der Waals surface area contributed by atoms with E-state index < -0.39 is 16.1 Å². The zero-order valence-corrected chi connectivity index (χ0v) is 20.4. The number of amides is 2. The van der Waals surface area contributed by atoms with E-state index in [0.717, 1.165) is 0 Å². The van der Waals surface area contributed by atoms with E-state index in [1.807, 2.05) is 13.8 Å². The van der Waals surface area contributed by atoms with Crippen LogP contribution in [0.25, 0.3) is 0 Å². The standard InChI is InChI=1S/C9H12O3S.C5H11NO.C2H6O.CH4N2O.Na/c1-7(2)8-5-3-4-6-9(8)13(10,11)12;1-4-5-6(2,3)7;1-2-3;2-1(3)4;/h3-7H,1-2H3,(H,10,11,12);4H,1,5H2,2-3H3;3H,2H2,1H3;(H4,2,3,4);/q;;;;+1/p-1. The van der Waals surface area contributed by atoms with E-state index in [4.69, 9.17) is 9.90 Å². The quantitative estimate of drug-likeness (QED) is 0.173. The minimum atomic E-state index is -4.33. The van der Waals surface area contributed by atoms with Crippen molar-refractivity contribution in [3.8, 4) is 0 Å². The van der Waals surface area contributed by atoms with Crippen molar-refractivity contribution in [2.24, 2.45) is 11.5 Å². The molecule has 0 bridgehead atoms. The number of carbonyl (C=O) groups is 1. The van der Waals surface area contributed by atoms with Gasteiger partial charge in [0, 0.05) is 6.61 Å². The average Bonchev–Trinajstić information content (AvgIpc) is 2.46. The third-order valence-corrected chi connectivity index (χ3v) is 3.29. The number of aliphatic hydroxyl groups is 1. The van der Waals surface area contributed by atoms with Crippen molar-refractivity contribution < 1.29 is 57.1 Å². The summed E-state index contributed by atoms with van der Waals surface area (Å²) in [5, 5.41) is 18.1. The van der Waals surface area contributed by atoms with Crippen LogP contribution in [0.1, 0.15) is 32.3 Å². The molecule has 0 saturated heterocycles. The van der Waals surface area contributed by atoms with Crippen LogP contribution in [0.15, 0.2) is 41.8 Å². The largest absolute Gasteiger partial charge is 1.00 e. The molecule has 0 radical (unpaired) electrons. The number of carbonyl (C=O) groups excluding carboxylic acids is 1. The first kappa shape index (κ1) is 34.5. The van der Waals surface area contributed by atoms with Gasteiger partial charge in [0.15, 0.2) is 0 Å². The molecule has 0 aliphatic carbocycles. The van der Waals surface area contributed by atoms with Crippen LogP contribution < -0.4 is 41.0 Å². The maximum absolute atomic E-state index is 10.8. The van der Waals surface area contributed by atoms with E-state index >= 15 is 0 Å². The Hall–Kier alpha value is -0.980. The average molecular weight is 430 g/mol. The van der Waals surface area contributed by atoms with Gasteiger partial charge in [-0.1, -0.05) is 38.6 Å². The van der Waals surface area contributed by atoms with E-state index in [0.29, 0.717) is 12.1 Å². The van der Waals surface area contributed by atoms with Gasteiger partial charge in [-0.15, -0.1) is 0 Å². The van der Waals surface area contributed by atoms with Gasteiger partial charge in [-0.3, -0.25) is 0 Å². The van der Waals surface area contributed by atoms with Gasteiger partial charge in [0.05, 0.1) is 25.5 Å². The topological polar surface area (TPSA) is 170 Å². The Morgan fingerprint density at radius 1 is 1.29 bits per heavy atom. The summed E-state index contributed by atoms with van der Waals surface area (Å²) in [6, 6.07) is 5.45. The Morgan fingerprint density at radius 2 is 1.64 bits per heavy atom. The van der Waals surface area contributed by atoms with Crippen LogP contribution in [-0.2, 0) is 10.1 Å². The van der Waals surface area contributed by atoms with Gasteiger partial charge in [-0.05, 0) is 30.5 Å². The summed E-state index contributed by atoms with van der Waals surface area (Å²) >= 11 is 0. The van der Waals surface area contributed by atoms with Crippen molar-refractivity contribution in [2.45, 2.75) is 31.6 Å². The van der Waals surface area contributed by atoms with Crippen molar-refractivity contribution in [1.29, 1.82) is 0 Å². The Morgan fingerprint density at radius 3 is 1.82 bits per heavy atom. The second-order valence-electron chi connectivity index (χ2n) is 5.91. The molecule has 0 aliphatic rings. The molecule has 1 rings (SSSR count). The monoisotopic (exact) mass is 429 g/mol. The predicted molar refractivity (Wildman–Crippen MR) is 106 cm³/mol. The molecule has 28 heavy (non-hydrogen) atoms. The smallest absolute Gasteiger partial charge is 0.744 e. The van der Waals surface area contributed by atoms with E-state index in [1.165, 1.54) is 6.07 Å². The number of rotatable bonds is 4. The predicted octanol–water partition coefficient (Wildman–Crippen LogP) is -1.51.